The molecule has 4 nitrogen and oxygen atoms in total. The Morgan fingerprint density at radius 2 is 1.67 bits per heavy atom. The summed E-state index contributed by atoms with van der Waals surface area (Å²) < 4.78 is 2.29. The summed E-state index contributed by atoms with van der Waals surface area (Å²) in [6.45, 7) is 6.59. The number of aromatic nitrogens is 2. The highest BCUT2D eigenvalue weighted by Gasteiger charge is 2.19. The molecule has 3 aromatic rings. The number of nitrogens with zero attached hydrogens (tertiary/aromatic N) is 3. The van der Waals surface area contributed by atoms with E-state index in [1.54, 1.807) is 0 Å². The van der Waals surface area contributed by atoms with E-state index in [4.69, 9.17) is 4.98 Å². The molecule has 1 amide bonds. The molecule has 3 rings (SSSR count). The summed E-state index contributed by atoms with van der Waals surface area (Å²) in [6.07, 6.45) is 4.29. The van der Waals surface area contributed by atoms with Crippen LogP contribution in [0.5, 0.6) is 0 Å². The third kappa shape index (κ3) is 4.57. The molecule has 1 aromatic heterocycles. The first-order chi connectivity index (χ1) is 13.2. The number of fused-ring (bicyclic) bond motifs is 1. The number of carbonyl (C=O) groups is 1. The third-order valence-corrected chi connectivity index (χ3v) is 4.89. The molecule has 1 heterocycles. The quantitative estimate of drug-likeness (QED) is 0.519. The van der Waals surface area contributed by atoms with Gasteiger partial charge in [-0.1, -0.05) is 57.0 Å². The molecule has 0 aliphatic heterocycles. The van der Waals surface area contributed by atoms with E-state index in [0.717, 1.165) is 61.2 Å². The van der Waals surface area contributed by atoms with Crippen LogP contribution in [0.25, 0.3) is 11.0 Å². The summed E-state index contributed by atoms with van der Waals surface area (Å²) in [4.78, 5) is 19.9. The molecular formula is C23H29N3O. The van der Waals surface area contributed by atoms with Gasteiger partial charge in [-0.2, -0.15) is 0 Å². The van der Waals surface area contributed by atoms with Crippen LogP contribution in [-0.2, 0) is 13.1 Å². The lowest BCUT2D eigenvalue weighted by molar-refractivity contribution is 0.0735. The average Bonchev–Trinajstić information content (AvgIpc) is 3.06. The lowest BCUT2D eigenvalue weighted by Gasteiger charge is -2.23. The number of amides is 1. The number of aryl methyl sites for hydroxylation is 1. The van der Waals surface area contributed by atoms with Crippen molar-refractivity contribution in [1.29, 1.82) is 0 Å². The molecule has 0 saturated carbocycles. The van der Waals surface area contributed by atoms with Crippen LogP contribution < -0.4 is 0 Å². The first kappa shape index (κ1) is 19.2. The summed E-state index contributed by atoms with van der Waals surface area (Å²) >= 11 is 0. The molecule has 142 valence electrons. The highest BCUT2D eigenvalue weighted by Crippen LogP contribution is 2.19. The first-order valence-corrected chi connectivity index (χ1v) is 10.0. The molecule has 0 aliphatic rings. The van der Waals surface area contributed by atoms with Crippen molar-refractivity contribution in [3.63, 3.8) is 0 Å². The second-order valence-corrected chi connectivity index (χ2v) is 6.97. The Bertz CT molecular complexity index is 870. The summed E-state index contributed by atoms with van der Waals surface area (Å²) in [5.41, 5.74) is 2.90. The van der Waals surface area contributed by atoms with Crippen LogP contribution in [0, 0.1) is 0 Å². The lowest BCUT2D eigenvalue weighted by Crippen LogP contribution is -2.32. The van der Waals surface area contributed by atoms with Gasteiger partial charge in [0.15, 0.2) is 0 Å². The van der Waals surface area contributed by atoms with Crippen molar-refractivity contribution in [2.75, 3.05) is 6.54 Å². The van der Waals surface area contributed by atoms with Gasteiger partial charge in [0.05, 0.1) is 17.6 Å². The lowest BCUT2D eigenvalue weighted by atomic mass is 10.2. The average molecular weight is 364 g/mol. The van der Waals surface area contributed by atoms with Crippen molar-refractivity contribution in [2.24, 2.45) is 0 Å². The van der Waals surface area contributed by atoms with Crippen LogP contribution in [0.4, 0.5) is 0 Å². The Labute approximate surface area is 161 Å². The molecule has 0 spiro atoms. The third-order valence-electron chi connectivity index (χ3n) is 4.89. The van der Waals surface area contributed by atoms with E-state index < -0.39 is 0 Å². The van der Waals surface area contributed by atoms with Crippen LogP contribution in [-0.4, -0.2) is 26.9 Å². The van der Waals surface area contributed by atoms with E-state index in [1.807, 2.05) is 41.3 Å². The van der Waals surface area contributed by atoms with Crippen molar-refractivity contribution in [1.82, 2.24) is 14.5 Å². The van der Waals surface area contributed by atoms with Gasteiger partial charge in [-0.3, -0.25) is 4.79 Å². The summed E-state index contributed by atoms with van der Waals surface area (Å²) in [6, 6.07) is 17.8. The molecule has 0 bridgehead atoms. The van der Waals surface area contributed by atoms with Gasteiger partial charge in [0.2, 0.25) is 0 Å². The van der Waals surface area contributed by atoms with Crippen molar-refractivity contribution < 1.29 is 4.79 Å². The first-order valence-electron chi connectivity index (χ1n) is 10.0. The SMILES string of the molecule is CCCCN(Cc1nc2ccccc2n1CCCC)C(=O)c1ccccc1. The fourth-order valence-electron chi connectivity index (χ4n) is 3.35. The Kier molecular flexibility index (Phi) is 6.64. The Hall–Kier alpha value is -2.62. The predicted octanol–water partition coefficient (Wildman–Crippen LogP) is 5.28. The number of hydrogen-bond donors (Lipinski definition) is 0. The van der Waals surface area contributed by atoms with Crippen LogP contribution in [0.1, 0.15) is 55.7 Å². The molecule has 4 heteroatoms. The minimum atomic E-state index is 0.0816. The highest BCUT2D eigenvalue weighted by molar-refractivity contribution is 5.94. The van der Waals surface area contributed by atoms with Crippen molar-refractivity contribution in [3.8, 4) is 0 Å². The fraction of sp³-hybridized carbons (Fsp3) is 0.391. The van der Waals surface area contributed by atoms with E-state index in [2.05, 4.69) is 36.6 Å². The number of carbonyl (C=O) groups excluding carboxylic acids is 1. The summed E-state index contributed by atoms with van der Waals surface area (Å²) in [5.74, 6) is 1.06. The normalized spacial score (nSPS) is 11.0. The molecule has 0 saturated heterocycles. The van der Waals surface area contributed by atoms with Gasteiger partial charge < -0.3 is 9.47 Å². The summed E-state index contributed by atoms with van der Waals surface area (Å²) in [5, 5.41) is 0. The molecule has 0 radical (unpaired) electrons. The van der Waals surface area contributed by atoms with E-state index in [-0.39, 0.29) is 5.91 Å². The van der Waals surface area contributed by atoms with Gasteiger partial charge >= 0.3 is 0 Å². The fourth-order valence-corrected chi connectivity index (χ4v) is 3.35. The highest BCUT2D eigenvalue weighted by atomic mass is 16.2. The van der Waals surface area contributed by atoms with E-state index in [0.29, 0.717) is 6.54 Å². The number of para-hydroxylation sites is 2. The monoisotopic (exact) mass is 363 g/mol. The Balaban J connectivity index is 1.91. The zero-order valence-corrected chi connectivity index (χ0v) is 16.4. The van der Waals surface area contributed by atoms with Gasteiger partial charge in [-0.05, 0) is 37.1 Å². The van der Waals surface area contributed by atoms with Gasteiger partial charge in [-0.15, -0.1) is 0 Å². The van der Waals surface area contributed by atoms with E-state index in [9.17, 15) is 4.79 Å². The molecule has 0 fully saturated rings. The van der Waals surface area contributed by atoms with Crippen LogP contribution >= 0.6 is 0 Å². The molecule has 0 atom stereocenters. The zero-order chi connectivity index (χ0) is 19.1. The van der Waals surface area contributed by atoms with Crippen molar-refractivity contribution in [3.05, 3.63) is 66.0 Å². The molecular weight excluding hydrogens is 334 g/mol. The van der Waals surface area contributed by atoms with Gasteiger partial charge in [0.1, 0.15) is 5.82 Å². The second kappa shape index (κ2) is 9.36. The van der Waals surface area contributed by atoms with Crippen LogP contribution in [0.3, 0.4) is 0 Å². The standard InChI is InChI=1S/C23H29N3O/c1-3-5-16-25(23(27)19-12-8-7-9-13-19)18-22-24-20-14-10-11-15-21(20)26(22)17-6-4-2/h7-15H,3-6,16-18H2,1-2H3. The van der Waals surface area contributed by atoms with Gasteiger partial charge in [0.25, 0.3) is 5.91 Å². The molecule has 2 aromatic carbocycles. The minimum Gasteiger partial charge on any atom is -0.331 e. The minimum absolute atomic E-state index is 0.0816. The van der Waals surface area contributed by atoms with Gasteiger partial charge in [0, 0.05) is 18.7 Å². The van der Waals surface area contributed by atoms with Crippen molar-refractivity contribution >= 4 is 16.9 Å². The zero-order valence-electron chi connectivity index (χ0n) is 16.4. The topological polar surface area (TPSA) is 38.1 Å². The number of imidazole rings is 1. The molecule has 0 aliphatic carbocycles. The van der Waals surface area contributed by atoms with Crippen LogP contribution in [0.15, 0.2) is 54.6 Å². The number of rotatable bonds is 9. The number of unbranched alkanes of at least 4 members (excludes halogenated alkanes) is 2. The second-order valence-electron chi connectivity index (χ2n) is 6.97. The Morgan fingerprint density at radius 1 is 0.963 bits per heavy atom. The van der Waals surface area contributed by atoms with Crippen molar-refractivity contribution in [2.45, 2.75) is 52.6 Å². The predicted molar refractivity (Wildman–Crippen MR) is 111 cm³/mol. The molecule has 27 heavy (non-hydrogen) atoms. The largest absolute Gasteiger partial charge is 0.331 e. The van der Waals surface area contributed by atoms with E-state index >= 15 is 0 Å². The smallest absolute Gasteiger partial charge is 0.254 e. The van der Waals surface area contributed by atoms with E-state index in [1.165, 1.54) is 0 Å². The van der Waals surface area contributed by atoms with Crippen LogP contribution in [0.2, 0.25) is 0 Å². The Morgan fingerprint density at radius 3 is 2.41 bits per heavy atom. The molecule has 0 N–H and O–H groups in total. The maximum Gasteiger partial charge on any atom is 0.254 e. The maximum absolute atomic E-state index is 13.1. The van der Waals surface area contributed by atoms with Gasteiger partial charge in [-0.25, -0.2) is 4.98 Å². The number of benzene rings is 2. The maximum atomic E-state index is 13.1. The molecule has 0 unspecified atom stereocenters. The number of hydrogen-bond acceptors (Lipinski definition) is 2. The summed E-state index contributed by atoms with van der Waals surface area (Å²) in [7, 11) is 0.